The number of hydrogen-bond acceptors (Lipinski definition) is 10. The Morgan fingerprint density at radius 1 is 0.787 bits per heavy atom. The van der Waals surface area contributed by atoms with E-state index < -0.39 is 48.6 Å². The Bertz CT molecular complexity index is 1240. The van der Waals surface area contributed by atoms with Gasteiger partial charge in [0.2, 0.25) is 0 Å². The number of phosphoric ester groups is 1. The van der Waals surface area contributed by atoms with E-state index in [1.165, 1.54) is 108 Å². The topological polar surface area (TPSA) is 177 Å². The average Bonchev–Trinajstić information content (AvgIpc) is 3.05. The second-order valence-electron chi connectivity index (χ2n) is 11.8. The first kappa shape index (κ1) is 40.2. The van der Waals surface area contributed by atoms with Crippen molar-refractivity contribution in [1.82, 2.24) is 0 Å². The molecule has 0 bridgehead atoms. The van der Waals surface area contributed by atoms with Gasteiger partial charge in [-0.25, -0.2) is 4.57 Å². The van der Waals surface area contributed by atoms with E-state index in [2.05, 4.69) is 6.92 Å². The molecule has 0 radical (unpaired) electrons. The molecule has 2 rings (SSSR count). The zero-order valence-corrected chi connectivity index (χ0v) is 28.8. The molecule has 0 heterocycles. The first-order valence-electron chi connectivity index (χ1n) is 16.7. The van der Waals surface area contributed by atoms with E-state index in [-0.39, 0.29) is 22.5 Å². The smallest absolute Gasteiger partial charge is 0.387 e. The van der Waals surface area contributed by atoms with Gasteiger partial charge in [0.1, 0.15) is 0 Å². The van der Waals surface area contributed by atoms with E-state index in [0.29, 0.717) is 0 Å². The molecule has 0 aliphatic carbocycles. The van der Waals surface area contributed by atoms with Gasteiger partial charge in [0, 0.05) is 12.1 Å². The molecule has 0 saturated carbocycles. The van der Waals surface area contributed by atoms with Crippen LogP contribution in [0.2, 0.25) is 0 Å². The van der Waals surface area contributed by atoms with Crippen LogP contribution in [-0.2, 0) is 18.1 Å². The third-order valence-electron chi connectivity index (χ3n) is 7.89. The minimum Gasteiger partial charge on any atom is -0.387 e. The molecular weight excluding hydrogens is 625 g/mol. The van der Waals surface area contributed by atoms with Crippen LogP contribution in [0, 0.1) is 20.2 Å². The Kier molecular flexibility index (Phi) is 18.6. The zero-order valence-electron chi connectivity index (χ0n) is 27.9. The molecule has 0 aliphatic heterocycles. The number of benzene rings is 2. The number of nitro benzene ring substituents is 2. The van der Waals surface area contributed by atoms with Crippen LogP contribution in [0.15, 0.2) is 60.7 Å². The highest BCUT2D eigenvalue weighted by molar-refractivity contribution is 7.48. The van der Waals surface area contributed by atoms with Crippen molar-refractivity contribution in [3.8, 4) is 0 Å². The molecule has 262 valence electrons. The summed E-state index contributed by atoms with van der Waals surface area (Å²) >= 11 is 0. The molecule has 0 aliphatic rings. The van der Waals surface area contributed by atoms with Gasteiger partial charge in [-0.05, 0) is 38.8 Å². The van der Waals surface area contributed by atoms with Crippen molar-refractivity contribution in [3.05, 3.63) is 92.0 Å². The van der Waals surface area contributed by atoms with Crippen molar-refractivity contribution in [2.45, 2.75) is 122 Å². The predicted molar refractivity (Wildman–Crippen MR) is 183 cm³/mol. The minimum absolute atomic E-state index is 0.123. The van der Waals surface area contributed by atoms with Crippen LogP contribution >= 0.6 is 7.82 Å². The highest BCUT2D eigenvalue weighted by Crippen LogP contribution is 2.57. The number of nitrogens with two attached hydrogens (primary N) is 1. The maximum atomic E-state index is 14.0. The largest absolute Gasteiger partial charge is 0.476 e. The fourth-order valence-electron chi connectivity index (χ4n) is 5.16. The summed E-state index contributed by atoms with van der Waals surface area (Å²) in [5.41, 5.74) is 5.88. The number of rotatable bonds is 25. The second kappa shape index (κ2) is 21.8. The molecule has 47 heavy (non-hydrogen) atoms. The minimum atomic E-state index is -4.58. The Labute approximate surface area is 278 Å². The summed E-state index contributed by atoms with van der Waals surface area (Å²) in [6.45, 7) is 4.67. The lowest BCUT2D eigenvalue weighted by Gasteiger charge is -2.26. The average molecular weight is 678 g/mol. The summed E-state index contributed by atoms with van der Waals surface area (Å²) in [4.78, 5) is 22.0. The number of phosphoric acid groups is 1. The standard InChI is InChI=1S/C34H52N3O9P/c1-4-5-6-7-8-9-10-11-12-13-14-15-16-25-34(38)31(35)26-44-47(43,45-27(2)29-21-17-19-23-32(29)36(39)40)46-28(3)30-22-18-20-24-33(30)37(41)42/h16-25,27-28,31,34,38H,4-15,26,35H2,1-3H3/b25-16+/t27-,28-,31-,34+/m0/s1. The molecule has 12 nitrogen and oxygen atoms in total. The van der Waals surface area contributed by atoms with Crippen LogP contribution in [-0.4, -0.2) is 33.7 Å². The number of nitro groups is 2. The summed E-state index contributed by atoms with van der Waals surface area (Å²) in [5.74, 6) is 0. The Morgan fingerprint density at radius 2 is 1.21 bits per heavy atom. The zero-order chi connectivity index (χ0) is 34.7. The Hall–Kier alpha value is -2.99. The molecule has 0 amide bonds. The molecule has 0 fully saturated rings. The van der Waals surface area contributed by atoms with Gasteiger partial charge in [0.25, 0.3) is 11.4 Å². The summed E-state index contributed by atoms with van der Waals surface area (Å²) in [6, 6.07) is 10.6. The maximum absolute atomic E-state index is 14.0. The molecule has 3 N–H and O–H groups in total. The van der Waals surface area contributed by atoms with Gasteiger partial charge >= 0.3 is 7.82 Å². The molecule has 13 heteroatoms. The molecule has 0 spiro atoms. The van der Waals surface area contributed by atoms with Gasteiger partial charge < -0.3 is 10.8 Å². The fourth-order valence-corrected chi connectivity index (χ4v) is 6.69. The lowest BCUT2D eigenvalue weighted by atomic mass is 10.0. The van der Waals surface area contributed by atoms with Gasteiger partial charge in [-0.1, -0.05) is 108 Å². The van der Waals surface area contributed by atoms with E-state index >= 15 is 0 Å². The fraction of sp³-hybridized carbons (Fsp3) is 0.588. The Balaban J connectivity index is 1.98. The van der Waals surface area contributed by atoms with Crippen LogP contribution in [0.3, 0.4) is 0 Å². The van der Waals surface area contributed by atoms with Gasteiger partial charge in [-0.3, -0.25) is 33.8 Å². The van der Waals surface area contributed by atoms with E-state index in [9.17, 15) is 29.9 Å². The third kappa shape index (κ3) is 14.8. The quantitative estimate of drug-likeness (QED) is 0.0338. The summed E-state index contributed by atoms with van der Waals surface area (Å²) in [7, 11) is -4.58. The molecule has 0 saturated heterocycles. The van der Waals surface area contributed by atoms with Gasteiger partial charge in [0.15, 0.2) is 0 Å². The van der Waals surface area contributed by atoms with Crippen molar-refractivity contribution in [2.24, 2.45) is 5.73 Å². The number of aliphatic hydroxyl groups excluding tert-OH is 1. The van der Waals surface area contributed by atoms with Crippen molar-refractivity contribution in [1.29, 1.82) is 0 Å². The van der Waals surface area contributed by atoms with Crippen LogP contribution in [0.1, 0.15) is 121 Å². The van der Waals surface area contributed by atoms with Crippen molar-refractivity contribution >= 4 is 19.2 Å². The first-order valence-corrected chi connectivity index (χ1v) is 18.1. The van der Waals surface area contributed by atoms with E-state index in [0.717, 1.165) is 19.3 Å². The number of hydrogen-bond donors (Lipinski definition) is 2. The lowest BCUT2D eigenvalue weighted by molar-refractivity contribution is -0.386. The number of nitrogens with zero attached hydrogens (tertiary/aromatic N) is 2. The van der Waals surface area contributed by atoms with Gasteiger partial charge in [0.05, 0.1) is 51.9 Å². The number of allylic oxidation sites excluding steroid dienone is 1. The normalized spacial score (nSPS) is 14.6. The maximum Gasteiger partial charge on any atom is 0.476 e. The van der Waals surface area contributed by atoms with Crippen molar-refractivity contribution in [2.75, 3.05) is 6.61 Å². The van der Waals surface area contributed by atoms with Gasteiger partial charge in [-0.15, -0.1) is 0 Å². The number of para-hydroxylation sites is 2. The summed E-state index contributed by atoms with van der Waals surface area (Å²) < 4.78 is 31.0. The van der Waals surface area contributed by atoms with E-state index in [1.54, 1.807) is 18.2 Å². The van der Waals surface area contributed by atoms with Crippen LogP contribution in [0.4, 0.5) is 11.4 Å². The summed E-state index contributed by atoms with van der Waals surface area (Å²) in [6.07, 6.45) is 14.5. The van der Waals surface area contributed by atoms with Crippen LogP contribution in [0.5, 0.6) is 0 Å². The number of unbranched alkanes of at least 4 members (excludes halogenated alkanes) is 11. The van der Waals surface area contributed by atoms with E-state index in [4.69, 9.17) is 19.3 Å². The van der Waals surface area contributed by atoms with Crippen molar-refractivity contribution in [3.63, 3.8) is 0 Å². The predicted octanol–water partition coefficient (Wildman–Crippen LogP) is 9.43. The first-order chi connectivity index (χ1) is 22.5. The highest BCUT2D eigenvalue weighted by Gasteiger charge is 2.37. The lowest BCUT2D eigenvalue weighted by Crippen LogP contribution is -2.37. The third-order valence-corrected chi connectivity index (χ3v) is 9.50. The van der Waals surface area contributed by atoms with Gasteiger partial charge in [-0.2, -0.15) is 0 Å². The molecular formula is C34H52N3O9P. The SMILES string of the molecule is CCCCCCCCCCCCC/C=C/[C@@H](O)[C@@H](N)COP(=O)(O[C@@H](C)c1ccccc1[N+](=O)[O-])O[C@@H](C)c1ccccc1[N+](=O)[O-]. The second-order valence-corrected chi connectivity index (χ2v) is 13.4. The summed E-state index contributed by atoms with van der Waals surface area (Å²) in [5, 5.41) is 33.8. The molecule has 0 aromatic heterocycles. The Morgan fingerprint density at radius 3 is 1.66 bits per heavy atom. The highest BCUT2D eigenvalue weighted by atomic mass is 31.2. The van der Waals surface area contributed by atoms with Crippen LogP contribution < -0.4 is 5.73 Å². The molecule has 4 atom stereocenters. The van der Waals surface area contributed by atoms with Crippen molar-refractivity contribution < 1.29 is 33.1 Å². The molecule has 2 aromatic rings. The van der Waals surface area contributed by atoms with E-state index in [1.807, 2.05) is 6.08 Å². The number of aliphatic hydroxyl groups is 1. The monoisotopic (exact) mass is 677 g/mol. The molecule has 2 aromatic carbocycles. The molecule has 0 unspecified atom stereocenters. The van der Waals surface area contributed by atoms with Crippen LogP contribution in [0.25, 0.3) is 0 Å².